The van der Waals surface area contributed by atoms with E-state index in [-0.39, 0.29) is 0 Å². The third kappa shape index (κ3) is 3.14. The number of imidazole rings is 1. The van der Waals surface area contributed by atoms with E-state index in [0.29, 0.717) is 12.5 Å². The molecule has 2 N–H and O–H groups in total. The lowest BCUT2D eigenvalue weighted by Crippen LogP contribution is -2.11. The molecule has 1 atom stereocenters. The van der Waals surface area contributed by atoms with E-state index in [4.69, 9.17) is 15.5 Å². The number of ether oxygens (including phenoxy) is 1. The minimum atomic E-state index is 0.424. The smallest absolute Gasteiger partial charge is 0.112 e. The molecular weight excluding hydrogens is 238 g/mol. The summed E-state index contributed by atoms with van der Waals surface area (Å²) < 4.78 is 7.49. The van der Waals surface area contributed by atoms with Crippen molar-refractivity contribution in [2.45, 2.75) is 32.2 Å². The molecule has 0 spiro atoms. The molecule has 19 heavy (non-hydrogen) atoms. The molecule has 1 aromatic carbocycles. The van der Waals surface area contributed by atoms with Gasteiger partial charge in [0, 0.05) is 19.6 Å². The maximum absolute atomic E-state index is 5.60. The Balaban J connectivity index is 2.34. The zero-order valence-corrected chi connectivity index (χ0v) is 11.8. The molecule has 4 heteroatoms. The predicted molar refractivity (Wildman–Crippen MR) is 78.3 cm³/mol. The van der Waals surface area contributed by atoms with Crippen LogP contribution in [0, 0.1) is 0 Å². The minimum Gasteiger partial charge on any atom is -0.383 e. The Hall–Kier alpha value is -1.39. The van der Waals surface area contributed by atoms with E-state index >= 15 is 0 Å². The number of hydrogen-bond acceptors (Lipinski definition) is 3. The highest BCUT2D eigenvalue weighted by Crippen LogP contribution is 2.24. The van der Waals surface area contributed by atoms with Gasteiger partial charge in [-0.25, -0.2) is 4.98 Å². The fraction of sp³-hybridized carbons (Fsp3) is 0.533. The lowest BCUT2D eigenvalue weighted by molar-refractivity contribution is 0.187. The first-order valence-corrected chi connectivity index (χ1v) is 6.92. The Morgan fingerprint density at radius 3 is 2.89 bits per heavy atom. The first kappa shape index (κ1) is 14.0. The number of benzene rings is 1. The van der Waals surface area contributed by atoms with Crippen LogP contribution >= 0.6 is 0 Å². The van der Waals surface area contributed by atoms with E-state index in [2.05, 4.69) is 29.7 Å². The van der Waals surface area contributed by atoms with Gasteiger partial charge in [0.1, 0.15) is 5.82 Å². The molecule has 4 nitrogen and oxygen atoms in total. The van der Waals surface area contributed by atoms with Crippen molar-refractivity contribution in [2.24, 2.45) is 5.73 Å². The molecule has 1 unspecified atom stereocenters. The Kier molecular flexibility index (Phi) is 4.93. The third-order valence-corrected chi connectivity index (χ3v) is 3.49. The van der Waals surface area contributed by atoms with E-state index in [1.165, 1.54) is 5.52 Å². The highest BCUT2D eigenvalue weighted by Gasteiger charge is 2.15. The van der Waals surface area contributed by atoms with Gasteiger partial charge < -0.3 is 15.0 Å². The topological polar surface area (TPSA) is 53.1 Å². The van der Waals surface area contributed by atoms with Gasteiger partial charge >= 0.3 is 0 Å². The van der Waals surface area contributed by atoms with Crippen LogP contribution in [0.15, 0.2) is 24.3 Å². The lowest BCUT2D eigenvalue weighted by Gasteiger charge is -2.14. The van der Waals surface area contributed by atoms with E-state index in [0.717, 1.165) is 37.3 Å². The fourth-order valence-corrected chi connectivity index (χ4v) is 2.44. The van der Waals surface area contributed by atoms with Crippen LogP contribution in [0.25, 0.3) is 11.0 Å². The van der Waals surface area contributed by atoms with Gasteiger partial charge in [0.05, 0.1) is 17.6 Å². The summed E-state index contributed by atoms with van der Waals surface area (Å²) in [5.41, 5.74) is 7.85. The van der Waals surface area contributed by atoms with Gasteiger partial charge in [0.25, 0.3) is 0 Å². The van der Waals surface area contributed by atoms with Crippen LogP contribution in [0.3, 0.4) is 0 Å². The molecule has 2 aromatic rings. The number of fused-ring (bicyclic) bond motifs is 1. The Labute approximate surface area is 114 Å². The monoisotopic (exact) mass is 261 g/mol. The number of rotatable bonds is 7. The SMILES string of the molecule is COCCn1c(C(C)CCCN)nc2ccccc21. The highest BCUT2D eigenvalue weighted by atomic mass is 16.5. The van der Waals surface area contributed by atoms with Gasteiger partial charge in [-0.1, -0.05) is 19.1 Å². The van der Waals surface area contributed by atoms with Crippen molar-refractivity contribution in [2.75, 3.05) is 20.3 Å². The summed E-state index contributed by atoms with van der Waals surface area (Å²) in [6.07, 6.45) is 2.11. The Morgan fingerprint density at radius 2 is 2.16 bits per heavy atom. The quantitative estimate of drug-likeness (QED) is 0.833. The number of aromatic nitrogens is 2. The van der Waals surface area contributed by atoms with Crippen molar-refractivity contribution in [3.63, 3.8) is 0 Å². The van der Waals surface area contributed by atoms with Crippen molar-refractivity contribution >= 4 is 11.0 Å². The summed E-state index contributed by atoms with van der Waals surface area (Å²) in [6, 6.07) is 8.28. The van der Waals surface area contributed by atoms with Crippen molar-refractivity contribution in [1.82, 2.24) is 9.55 Å². The largest absolute Gasteiger partial charge is 0.383 e. The Bertz CT molecular complexity index is 521. The number of methoxy groups -OCH3 is 1. The van der Waals surface area contributed by atoms with Crippen LogP contribution in [0.4, 0.5) is 0 Å². The van der Waals surface area contributed by atoms with E-state index < -0.39 is 0 Å². The lowest BCUT2D eigenvalue weighted by atomic mass is 10.1. The van der Waals surface area contributed by atoms with Gasteiger partial charge in [-0.3, -0.25) is 0 Å². The van der Waals surface area contributed by atoms with Gasteiger partial charge in [0.15, 0.2) is 0 Å². The van der Waals surface area contributed by atoms with Crippen LogP contribution in [0.2, 0.25) is 0 Å². The van der Waals surface area contributed by atoms with Crippen molar-refractivity contribution < 1.29 is 4.74 Å². The maximum Gasteiger partial charge on any atom is 0.112 e. The third-order valence-electron chi connectivity index (χ3n) is 3.49. The Morgan fingerprint density at radius 1 is 1.37 bits per heavy atom. The van der Waals surface area contributed by atoms with Crippen LogP contribution < -0.4 is 5.73 Å². The molecule has 1 aromatic heterocycles. The fourth-order valence-electron chi connectivity index (χ4n) is 2.44. The molecule has 2 rings (SSSR count). The molecule has 0 aliphatic heterocycles. The molecule has 0 aliphatic rings. The molecule has 0 fully saturated rings. The average molecular weight is 261 g/mol. The van der Waals surface area contributed by atoms with Crippen LogP contribution in [0.5, 0.6) is 0 Å². The first-order chi connectivity index (χ1) is 9.27. The summed E-state index contributed by atoms with van der Waals surface area (Å²) in [7, 11) is 1.73. The second-order valence-corrected chi connectivity index (χ2v) is 4.94. The maximum atomic E-state index is 5.60. The minimum absolute atomic E-state index is 0.424. The second-order valence-electron chi connectivity index (χ2n) is 4.94. The first-order valence-electron chi connectivity index (χ1n) is 6.92. The van der Waals surface area contributed by atoms with Gasteiger partial charge in [-0.2, -0.15) is 0 Å². The number of hydrogen-bond donors (Lipinski definition) is 1. The predicted octanol–water partition coefficient (Wildman–Crippen LogP) is 2.53. The zero-order chi connectivity index (χ0) is 13.7. The summed E-state index contributed by atoms with van der Waals surface area (Å²) in [5, 5.41) is 0. The van der Waals surface area contributed by atoms with E-state index in [1.807, 2.05) is 6.07 Å². The van der Waals surface area contributed by atoms with E-state index in [1.54, 1.807) is 7.11 Å². The van der Waals surface area contributed by atoms with Crippen LogP contribution in [-0.2, 0) is 11.3 Å². The number of nitrogens with zero attached hydrogens (tertiary/aromatic N) is 2. The van der Waals surface area contributed by atoms with Crippen molar-refractivity contribution in [3.05, 3.63) is 30.1 Å². The molecule has 0 radical (unpaired) electrons. The molecule has 0 saturated heterocycles. The summed E-state index contributed by atoms with van der Waals surface area (Å²) in [6.45, 7) is 4.51. The molecule has 0 aliphatic carbocycles. The normalized spacial score (nSPS) is 13.0. The standard InChI is InChI=1S/C15H23N3O/c1-12(6-5-9-16)15-17-13-7-3-4-8-14(13)18(15)10-11-19-2/h3-4,7-8,12H,5-6,9-11,16H2,1-2H3. The summed E-state index contributed by atoms with van der Waals surface area (Å²) in [5.74, 6) is 1.57. The van der Waals surface area contributed by atoms with Gasteiger partial charge in [-0.15, -0.1) is 0 Å². The molecular formula is C15H23N3O. The molecule has 1 heterocycles. The second kappa shape index (κ2) is 6.68. The highest BCUT2D eigenvalue weighted by molar-refractivity contribution is 5.76. The molecule has 0 saturated carbocycles. The van der Waals surface area contributed by atoms with Crippen LogP contribution in [0.1, 0.15) is 31.5 Å². The van der Waals surface area contributed by atoms with Gasteiger partial charge in [-0.05, 0) is 31.5 Å². The van der Waals surface area contributed by atoms with Gasteiger partial charge in [0.2, 0.25) is 0 Å². The average Bonchev–Trinajstić information content (AvgIpc) is 2.81. The zero-order valence-electron chi connectivity index (χ0n) is 11.8. The van der Waals surface area contributed by atoms with E-state index in [9.17, 15) is 0 Å². The van der Waals surface area contributed by atoms with Crippen LogP contribution in [-0.4, -0.2) is 29.8 Å². The summed E-state index contributed by atoms with van der Waals surface area (Å²) in [4.78, 5) is 4.78. The van der Waals surface area contributed by atoms with Crippen molar-refractivity contribution in [1.29, 1.82) is 0 Å². The van der Waals surface area contributed by atoms with Crippen molar-refractivity contribution in [3.8, 4) is 0 Å². The summed E-state index contributed by atoms with van der Waals surface area (Å²) >= 11 is 0. The molecule has 0 bridgehead atoms. The molecule has 0 amide bonds. The number of nitrogens with two attached hydrogens (primary N) is 1. The molecule has 104 valence electrons. The number of para-hydroxylation sites is 2.